The van der Waals surface area contributed by atoms with Crippen molar-refractivity contribution in [1.29, 1.82) is 0 Å². The zero-order valence-electron chi connectivity index (χ0n) is 15.9. The van der Waals surface area contributed by atoms with Gasteiger partial charge in [0, 0.05) is 41.1 Å². The van der Waals surface area contributed by atoms with Crippen LogP contribution in [0.1, 0.15) is 29.6 Å². The van der Waals surface area contributed by atoms with Crippen molar-refractivity contribution in [2.75, 3.05) is 6.61 Å². The van der Waals surface area contributed by atoms with E-state index in [-0.39, 0.29) is 11.8 Å². The fourth-order valence-electron chi connectivity index (χ4n) is 3.73. The minimum absolute atomic E-state index is 0.0689. The van der Waals surface area contributed by atoms with Crippen LogP contribution in [0.15, 0.2) is 24.3 Å². The molecule has 1 aromatic carbocycles. The number of halogens is 3. The van der Waals surface area contributed by atoms with Gasteiger partial charge in [-0.15, -0.1) is 0 Å². The van der Waals surface area contributed by atoms with Crippen LogP contribution in [0.25, 0.3) is 16.9 Å². The summed E-state index contributed by atoms with van der Waals surface area (Å²) in [5.41, 5.74) is 5.27. The maximum absolute atomic E-state index is 13.9. The van der Waals surface area contributed by atoms with Gasteiger partial charge in [0.2, 0.25) is 0 Å². The summed E-state index contributed by atoms with van der Waals surface area (Å²) in [5.74, 6) is -3.97. The van der Waals surface area contributed by atoms with E-state index in [1.807, 2.05) is 32.9 Å². The van der Waals surface area contributed by atoms with Crippen LogP contribution >= 0.6 is 0 Å². The molecule has 0 aliphatic carbocycles. The minimum Gasteiger partial charge on any atom is -0.378 e. The number of aromatic nitrogens is 3. The van der Waals surface area contributed by atoms with Gasteiger partial charge in [-0.25, -0.2) is 17.9 Å². The van der Waals surface area contributed by atoms with Crippen LogP contribution in [0.4, 0.5) is 13.2 Å². The third-order valence-corrected chi connectivity index (χ3v) is 4.89. The zero-order chi connectivity index (χ0) is 20.0. The molecule has 4 rings (SSSR count). The standard InChI is InChI=1S/C21H20F3N3O/c1-11-6-14(7-12(2)25-11)21-16-4-5-28-13(3)8-19(16)27(26-21)15-9-17(22)20(24)18(23)10-15/h6-7,9-10,13H,4-5,8H2,1-3H3/t13-/m1/s1. The maximum atomic E-state index is 13.9. The van der Waals surface area contributed by atoms with Crippen LogP contribution in [-0.2, 0) is 17.6 Å². The van der Waals surface area contributed by atoms with Gasteiger partial charge in [0.1, 0.15) is 0 Å². The first-order chi connectivity index (χ1) is 13.3. The summed E-state index contributed by atoms with van der Waals surface area (Å²) in [6.07, 6.45) is 1.09. The average Bonchev–Trinajstić information content (AvgIpc) is 2.85. The summed E-state index contributed by atoms with van der Waals surface area (Å²) in [5, 5.41) is 4.68. The highest BCUT2D eigenvalue weighted by Crippen LogP contribution is 2.32. The monoisotopic (exact) mass is 387 g/mol. The topological polar surface area (TPSA) is 39.9 Å². The van der Waals surface area contributed by atoms with E-state index in [0.29, 0.717) is 19.4 Å². The molecular formula is C21H20F3N3O. The lowest BCUT2D eigenvalue weighted by Gasteiger charge is -2.12. The first kappa shape index (κ1) is 18.7. The highest BCUT2D eigenvalue weighted by molar-refractivity contribution is 5.66. The van der Waals surface area contributed by atoms with Crippen molar-refractivity contribution in [2.45, 2.75) is 39.7 Å². The second-order valence-electron chi connectivity index (χ2n) is 7.18. The Morgan fingerprint density at radius 3 is 2.32 bits per heavy atom. The van der Waals surface area contributed by atoms with Crippen molar-refractivity contribution in [1.82, 2.24) is 14.8 Å². The van der Waals surface area contributed by atoms with Crippen LogP contribution in [-0.4, -0.2) is 27.5 Å². The van der Waals surface area contributed by atoms with E-state index in [2.05, 4.69) is 10.1 Å². The Kier molecular flexibility index (Phi) is 4.71. The molecule has 0 N–H and O–H groups in total. The molecule has 1 aliphatic rings. The van der Waals surface area contributed by atoms with Gasteiger partial charge in [0.25, 0.3) is 0 Å². The summed E-state index contributed by atoms with van der Waals surface area (Å²) >= 11 is 0. The molecule has 0 bridgehead atoms. The van der Waals surface area contributed by atoms with Gasteiger partial charge in [-0.1, -0.05) is 0 Å². The molecule has 28 heavy (non-hydrogen) atoms. The summed E-state index contributed by atoms with van der Waals surface area (Å²) in [6, 6.07) is 5.80. The molecule has 0 spiro atoms. The third-order valence-electron chi connectivity index (χ3n) is 4.89. The highest BCUT2D eigenvalue weighted by atomic mass is 19.2. The van der Waals surface area contributed by atoms with Gasteiger partial charge in [-0.2, -0.15) is 5.10 Å². The van der Waals surface area contributed by atoms with Crippen molar-refractivity contribution in [3.05, 3.63) is 64.4 Å². The van der Waals surface area contributed by atoms with Crippen molar-refractivity contribution >= 4 is 0 Å². The summed E-state index contributed by atoms with van der Waals surface area (Å²) in [7, 11) is 0. The number of pyridine rings is 1. The molecule has 0 fully saturated rings. The number of fused-ring (bicyclic) bond motifs is 1. The zero-order valence-corrected chi connectivity index (χ0v) is 15.9. The Hall–Kier alpha value is -2.67. The largest absolute Gasteiger partial charge is 0.378 e. The molecule has 4 nitrogen and oxygen atoms in total. The molecule has 7 heteroatoms. The summed E-state index contributed by atoms with van der Waals surface area (Å²) in [6.45, 7) is 6.28. The van der Waals surface area contributed by atoms with Gasteiger partial charge in [-0.05, 0) is 39.3 Å². The van der Waals surface area contributed by atoms with Crippen LogP contribution in [0.2, 0.25) is 0 Å². The Labute approximate surface area is 161 Å². The molecule has 2 aromatic heterocycles. The molecule has 0 radical (unpaired) electrons. The molecule has 0 unspecified atom stereocenters. The molecule has 0 saturated carbocycles. The van der Waals surface area contributed by atoms with Crippen molar-refractivity contribution in [3.63, 3.8) is 0 Å². The number of ether oxygens (including phenoxy) is 1. The molecule has 0 saturated heterocycles. The normalized spacial score (nSPS) is 16.7. The number of benzene rings is 1. The molecule has 3 heterocycles. The highest BCUT2D eigenvalue weighted by Gasteiger charge is 2.26. The Balaban J connectivity index is 1.96. The lowest BCUT2D eigenvalue weighted by Crippen LogP contribution is -2.13. The molecule has 1 atom stereocenters. The Morgan fingerprint density at radius 2 is 1.68 bits per heavy atom. The Morgan fingerprint density at radius 1 is 1.04 bits per heavy atom. The van der Waals surface area contributed by atoms with E-state index in [1.165, 1.54) is 4.68 Å². The fourth-order valence-corrected chi connectivity index (χ4v) is 3.73. The summed E-state index contributed by atoms with van der Waals surface area (Å²) in [4.78, 5) is 4.40. The van der Waals surface area contributed by atoms with Gasteiger partial charge in [-0.3, -0.25) is 4.98 Å². The van der Waals surface area contributed by atoms with E-state index < -0.39 is 17.5 Å². The van der Waals surface area contributed by atoms with Crippen LogP contribution < -0.4 is 0 Å². The molecule has 0 amide bonds. The van der Waals surface area contributed by atoms with Crippen molar-refractivity contribution in [3.8, 4) is 16.9 Å². The number of aryl methyl sites for hydroxylation is 2. The van der Waals surface area contributed by atoms with E-state index in [0.717, 1.165) is 46.0 Å². The predicted molar refractivity (Wildman–Crippen MR) is 99.0 cm³/mol. The first-order valence-electron chi connectivity index (χ1n) is 9.16. The van der Waals surface area contributed by atoms with Crippen LogP contribution in [0.3, 0.4) is 0 Å². The van der Waals surface area contributed by atoms with E-state index in [4.69, 9.17) is 4.74 Å². The van der Waals surface area contributed by atoms with Gasteiger partial charge in [0.15, 0.2) is 17.5 Å². The number of rotatable bonds is 2. The first-order valence-corrected chi connectivity index (χ1v) is 9.16. The second kappa shape index (κ2) is 7.05. The van der Waals surface area contributed by atoms with E-state index in [1.54, 1.807) is 0 Å². The average molecular weight is 387 g/mol. The Bertz CT molecular complexity index is 1020. The summed E-state index contributed by atoms with van der Waals surface area (Å²) < 4.78 is 48.5. The van der Waals surface area contributed by atoms with Crippen LogP contribution in [0.5, 0.6) is 0 Å². The number of nitrogens with zero attached hydrogens (tertiary/aromatic N) is 3. The van der Waals surface area contributed by atoms with Crippen molar-refractivity contribution < 1.29 is 17.9 Å². The van der Waals surface area contributed by atoms with Crippen LogP contribution in [0, 0.1) is 31.3 Å². The van der Waals surface area contributed by atoms with E-state index in [9.17, 15) is 13.2 Å². The lowest BCUT2D eigenvalue weighted by molar-refractivity contribution is 0.0735. The molecular weight excluding hydrogens is 367 g/mol. The number of hydrogen-bond acceptors (Lipinski definition) is 3. The SMILES string of the molecule is Cc1cc(-c2nn(-c3cc(F)c(F)c(F)c3)c3c2CCO[C@H](C)C3)cc(C)n1. The van der Waals surface area contributed by atoms with Gasteiger partial charge in [0.05, 0.1) is 29.8 Å². The fraction of sp³-hybridized carbons (Fsp3) is 0.333. The molecule has 3 aromatic rings. The van der Waals surface area contributed by atoms with E-state index >= 15 is 0 Å². The van der Waals surface area contributed by atoms with Gasteiger partial charge >= 0.3 is 0 Å². The van der Waals surface area contributed by atoms with Crippen molar-refractivity contribution in [2.24, 2.45) is 0 Å². The maximum Gasteiger partial charge on any atom is 0.194 e. The van der Waals surface area contributed by atoms with Gasteiger partial charge < -0.3 is 4.74 Å². The predicted octanol–water partition coefficient (Wildman–Crippen LogP) is 4.47. The lowest BCUT2D eigenvalue weighted by atomic mass is 10.0. The molecule has 146 valence electrons. The second-order valence-corrected chi connectivity index (χ2v) is 7.18. The quantitative estimate of drug-likeness (QED) is 0.609. The third kappa shape index (κ3) is 3.30. The smallest absolute Gasteiger partial charge is 0.194 e. The number of hydrogen-bond donors (Lipinski definition) is 0. The molecule has 1 aliphatic heterocycles. The minimum atomic E-state index is -1.49.